The van der Waals surface area contributed by atoms with E-state index in [4.69, 9.17) is 38.4 Å². The maximum absolute atomic E-state index is 5.50. The van der Waals surface area contributed by atoms with E-state index in [2.05, 4.69) is 0 Å². The fourth-order valence-electron chi connectivity index (χ4n) is 4.04. The van der Waals surface area contributed by atoms with Crippen LogP contribution in [0.4, 0.5) is 0 Å². The summed E-state index contributed by atoms with van der Waals surface area (Å²) in [5, 5.41) is 0. The lowest BCUT2D eigenvalue weighted by Crippen LogP contribution is -1.97. The number of aromatic nitrogens is 2. The zero-order chi connectivity index (χ0) is 28.5. The number of nitrogens with zero attached hydrogens (tertiary/aromatic N) is 2. The SMILES string of the molecule is COc1ccc(/C=C/c2cc(/C=C/c3ccc(OC)c(OC)c3)nc(-c3ccc(OC)c(OC)c3)n2)cc1OC. The van der Waals surface area contributed by atoms with E-state index in [-0.39, 0.29) is 0 Å². The molecule has 1 aromatic heterocycles. The third-order valence-electron chi connectivity index (χ3n) is 6.12. The van der Waals surface area contributed by atoms with Gasteiger partial charge in [0, 0.05) is 5.56 Å². The van der Waals surface area contributed by atoms with Crippen LogP contribution in [0, 0.1) is 0 Å². The summed E-state index contributed by atoms with van der Waals surface area (Å²) >= 11 is 0. The maximum Gasteiger partial charge on any atom is 0.161 e. The second kappa shape index (κ2) is 13.2. The molecule has 4 aromatic rings. The lowest BCUT2D eigenvalue weighted by molar-refractivity contribution is 0.355. The van der Waals surface area contributed by atoms with Gasteiger partial charge >= 0.3 is 0 Å². The zero-order valence-electron chi connectivity index (χ0n) is 23.4. The predicted molar refractivity (Wildman–Crippen MR) is 158 cm³/mol. The Morgan fingerprint density at radius 2 is 0.825 bits per heavy atom. The maximum atomic E-state index is 5.50. The minimum atomic E-state index is 0.544. The Morgan fingerprint density at radius 3 is 1.25 bits per heavy atom. The van der Waals surface area contributed by atoms with E-state index in [1.165, 1.54) is 0 Å². The van der Waals surface area contributed by atoms with Crippen LogP contribution in [-0.2, 0) is 0 Å². The van der Waals surface area contributed by atoms with Gasteiger partial charge in [-0.2, -0.15) is 0 Å². The Labute approximate surface area is 234 Å². The molecule has 0 aliphatic heterocycles. The summed E-state index contributed by atoms with van der Waals surface area (Å²) in [7, 11) is 9.65. The van der Waals surface area contributed by atoms with Gasteiger partial charge in [0.15, 0.2) is 40.3 Å². The Balaban J connectivity index is 1.75. The molecular weight excluding hydrogens is 508 g/mol. The van der Waals surface area contributed by atoms with E-state index < -0.39 is 0 Å². The van der Waals surface area contributed by atoms with E-state index in [0.29, 0.717) is 40.3 Å². The van der Waals surface area contributed by atoms with Crippen molar-refractivity contribution in [2.75, 3.05) is 42.7 Å². The van der Waals surface area contributed by atoms with Crippen molar-refractivity contribution in [1.82, 2.24) is 9.97 Å². The summed E-state index contributed by atoms with van der Waals surface area (Å²) in [5.74, 6) is 4.40. The third kappa shape index (κ3) is 6.53. The van der Waals surface area contributed by atoms with Crippen LogP contribution in [0.1, 0.15) is 22.5 Å². The van der Waals surface area contributed by atoms with Crippen LogP contribution in [0.5, 0.6) is 34.5 Å². The van der Waals surface area contributed by atoms with Gasteiger partial charge in [0.2, 0.25) is 0 Å². The highest BCUT2D eigenvalue weighted by molar-refractivity contribution is 5.75. The Kier molecular flexibility index (Phi) is 9.25. The van der Waals surface area contributed by atoms with E-state index >= 15 is 0 Å². The van der Waals surface area contributed by atoms with E-state index in [1.54, 1.807) is 42.7 Å². The lowest BCUT2D eigenvalue weighted by Gasteiger charge is -2.10. The van der Waals surface area contributed by atoms with Crippen LogP contribution < -0.4 is 28.4 Å². The Hall–Kier alpha value is -4.98. The quantitative estimate of drug-likeness (QED) is 0.212. The first kappa shape index (κ1) is 28.0. The van der Waals surface area contributed by atoms with Crippen molar-refractivity contribution in [3.8, 4) is 45.9 Å². The number of hydrogen-bond acceptors (Lipinski definition) is 8. The highest BCUT2D eigenvalue weighted by Crippen LogP contribution is 2.32. The van der Waals surface area contributed by atoms with Crippen LogP contribution in [0.2, 0.25) is 0 Å². The van der Waals surface area contributed by atoms with Crippen molar-refractivity contribution in [1.29, 1.82) is 0 Å². The molecule has 8 nitrogen and oxygen atoms in total. The van der Waals surface area contributed by atoms with E-state index in [0.717, 1.165) is 28.1 Å². The van der Waals surface area contributed by atoms with Crippen LogP contribution in [0.3, 0.4) is 0 Å². The highest BCUT2D eigenvalue weighted by atomic mass is 16.5. The largest absolute Gasteiger partial charge is 0.493 e. The van der Waals surface area contributed by atoms with Gasteiger partial charge in [-0.1, -0.05) is 24.3 Å². The molecule has 1 heterocycles. The fourth-order valence-corrected chi connectivity index (χ4v) is 4.04. The average Bonchev–Trinajstić information content (AvgIpc) is 3.01. The highest BCUT2D eigenvalue weighted by Gasteiger charge is 2.11. The molecule has 0 amide bonds. The van der Waals surface area contributed by atoms with Crippen molar-refractivity contribution < 1.29 is 28.4 Å². The van der Waals surface area contributed by atoms with Crippen LogP contribution in [-0.4, -0.2) is 52.6 Å². The van der Waals surface area contributed by atoms with Gasteiger partial charge in [-0.15, -0.1) is 0 Å². The molecule has 0 fully saturated rings. The van der Waals surface area contributed by atoms with Crippen molar-refractivity contribution in [2.24, 2.45) is 0 Å². The van der Waals surface area contributed by atoms with Crippen molar-refractivity contribution in [2.45, 2.75) is 0 Å². The smallest absolute Gasteiger partial charge is 0.161 e. The predicted octanol–water partition coefficient (Wildman–Crippen LogP) is 6.54. The normalized spacial score (nSPS) is 11.1. The topological polar surface area (TPSA) is 81.2 Å². The molecule has 0 saturated heterocycles. The molecule has 3 aromatic carbocycles. The van der Waals surface area contributed by atoms with Gasteiger partial charge < -0.3 is 28.4 Å². The van der Waals surface area contributed by atoms with Crippen LogP contribution >= 0.6 is 0 Å². The Morgan fingerprint density at radius 1 is 0.425 bits per heavy atom. The van der Waals surface area contributed by atoms with Gasteiger partial charge in [0.25, 0.3) is 0 Å². The molecule has 0 aliphatic carbocycles. The fraction of sp³-hybridized carbons (Fsp3) is 0.188. The van der Waals surface area contributed by atoms with Gasteiger partial charge in [-0.05, 0) is 71.8 Å². The van der Waals surface area contributed by atoms with Crippen molar-refractivity contribution >= 4 is 24.3 Å². The molecule has 206 valence electrons. The van der Waals surface area contributed by atoms with Crippen LogP contribution in [0.25, 0.3) is 35.7 Å². The van der Waals surface area contributed by atoms with Gasteiger partial charge in [0.05, 0.1) is 54.0 Å². The molecule has 0 aliphatic rings. The van der Waals surface area contributed by atoms with Crippen LogP contribution in [0.15, 0.2) is 60.7 Å². The number of hydrogen-bond donors (Lipinski definition) is 0. The number of rotatable bonds is 11. The zero-order valence-corrected chi connectivity index (χ0v) is 23.4. The van der Waals surface area contributed by atoms with Gasteiger partial charge in [-0.3, -0.25) is 0 Å². The van der Waals surface area contributed by atoms with E-state index in [1.807, 2.05) is 85.0 Å². The van der Waals surface area contributed by atoms with Gasteiger partial charge in [-0.25, -0.2) is 9.97 Å². The van der Waals surface area contributed by atoms with Gasteiger partial charge in [0.1, 0.15) is 0 Å². The molecule has 40 heavy (non-hydrogen) atoms. The summed E-state index contributed by atoms with van der Waals surface area (Å²) < 4.78 is 32.5. The van der Waals surface area contributed by atoms with Crippen molar-refractivity contribution in [3.63, 3.8) is 0 Å². The first-order valence-electron chi connectivity index (χ1n) is 12.4. The minimum Gasteiger partial charge on any atom is -0.493 e. The lowest BCUT2D eigenvalue weighted by atomic mass is 10.1. The standard InChI is InChI=1S/C32H32N2O6/c1-35-26-14-9-21(17-29(26)38-4)7-12-24-20-25(13-8-22-10-15-27(36-2)30(18-22)39-5)34-32(33-24)23-11-16-28(37-3)31(19-23)40-6/h7-20H,1-6H3/b12-7+,13-8+. The molecule has 8 heteroatoms. The molecule has 0 atom stereocenters. The average molecular weight is 541 g/mol. The molecule has 0 N–H and O–H groups in total. The van der Waals surface area contributed by atoms with Crippen molar-refractivity contribution in [3.05, 3.63) is 83.2 Å². The summed E-state index contributed by atoms with van der Waals surface area (Å²) in [6.45, 7) is 0. The Bertz CT molecular complexity index is 1450. The molecule has 0 bridgehead atoms. The summed E-state index contributed by atoms with van der Waals surface area (Å²) in [6, 6.07) is 19.0. The number of benzene rings is 3. The third-order valence-corrected chi connectivity index (χ3v) is 6.12. The second-order valence-corrected chi connectivity index (χ2v) is 8.51. The molecule has 0 saturated carbocycles. The monoisotopic (exact) mass is 540 g/mol. The first-order chi connectivity index (χ1) is 19.5. The molecule has 0 unspecified atom stereocenters. The molecule has 0 spiro atoms. The molecular formula is C32H32N2O6. The summed E-state index contributed by atoms with van der Waals surface area (Å²) in [6.07, 6.45) is 7.79. The molecule has 0 radical (unpaired) electrons. The molecule has 4 rings (SSSR count). The first-order valence-corrected chi connectivity index (χ1v) is 12.4. The second-order valence-electron chi connectivity index (χ2n) is 8.51. The van der Waals surface area contributed by atoms with E-state index in [9.17, 15) is 0 Å². The number of methoxy groups -OCH3 is 6. The number of ether oxygens (including phenoxy) is 6. The summed E-state index contributed by atoms with van der Waals surface area (Å²) in [5.41, 5.74) is 4.11. The summed E-state index contributed by atoms with van der Waals surface area (Å²) in [4.78, 5) is 9.62. The minimum absolute atomic E-state index is 0.544.